The van der Waals surface area contributed by atoms with Crippen molar-refractivity contribution in [2.75, 3.05) is 28.4 Å². The van der Waals surface area contributed by atoms with E-state index >= 15 is 0 Å². The number of rotatable bonds is 16. The van der Waals surface area contributed by atoms with Gasteiger partial charge >= 0.3 is 0 Å². The fourth-order valence-electron chi connectivity index (χ4n) is 3.29. The summed E-state index contributed by atoms with van der Waals surface area (Å²) in [5, 5.41) is 0. The summed E-state index contributed by atoms with van der Waals surface area (Å²) in [6.07, 6.45) is 14.8. The molecule has 0 saturated carbocycles. The number of hydrogen-bond donors (Lipinski definition) is 0. The van der Waals surface area contributed by atoms with Crippen molar-refractivity contribution in [1.82, 2.24) is 0 Å². The van der Waals surface area contributed by atoms with Crippen LogP contribution in [0.25, 0.3) is 0 Å². The van der Waals surface area contributed by atoms with E-state index in [1.807, 2.05) is 13.0 Å². The standard InChI is InChI=1S/C20H40O4/c1-7-9-10-11-12-13-15-18(20(22-4,23-5)24-6)16-17-19(21-3)14-8-2/h8,14,18-19H,7,9-13,15-17H2,1-6H3. The Hall–Kier alpha value is -0.420. The minimum Gasteiger partial charge on any atom is -0.377 e. The van der Waals surface area contributed by atoms with Crippen LogP contribution in [0, 0.1) is 5.92 Å². The summed E-state index contributed by atoms with van der Waals surface area (Å²) in [7, 11) is 6.71. The lowest BCUT2D eigenvalue weighted by atomic mass is 9.91. The predicted octanol–water partition coefficient (Wildman–Crippen LogP) is 5.32. The lowest BCUT2D eigenvalue weighted by Gasteiger charge is -2.37. The van der Waals surface area contributed by atoms with Gasteiger partial charge in [0.05, 0.1) is 6.10 Å². The molecule has 0 bridgehead atoms. The van der Waals surface area contributed by atoms with Crippen LogP contribution in [0.2, 0.25) is 0 Å². The molecule has 0 N–H and O–H groups in total. The van der Waals surface area contributed by atoms with Crippen molar-refractivity contribution in [3.05, 3.63) is 12.2 Å². The quantitative estimate of drug-likeness (QED) is 0.216. The summed E-state index contributed by atoms with van der Waals surface area (Å²) >= 11 is 0. The van der Waals surface area contributed by atoms with E-state index in [1.165, 1.54) is 38.5 Å². The summed E-state index contributed by atoms with van der Waals surface area (Å²) in [5.41, 5.74) is 0. The van der Waals surface area contributed by atoms with E-state index in [9.17, 15) is 0 Å². The lowest BCUT2D eigenvalue weighted by Crippen LogP contribution is -2.44. The van der Waals surface area contributed by atoms with Crippen LogP contribution >= 0.6 is 0 Å². The number of unbranched alkanes of at least 4 members (excludes halogenated alkanes) is 5. The van der Waals surface area contributed by atoms with E-state index in [4.69, 9.17) is 18.9 Å². The monoisotopic (exact) mass is 344 g/mol. The zero-order valence-electron chi connectivity index (χ0n) is 16.8. The van der Waals surface area contributed by atoms with Gasteiger partial charge in [-0.3, -0.25) is 0 Å². The second-order valence-electron chi connectivity index (χ2n) is 6.35. The van der Waals surface area contributed by atoms with Crippen LogP contribution in [0.5, 0.6) is 0 Å². The molecular formula is C20H40O4. The first-order chi connectivity index (χ1) is 11.6. The van der Waals surface area contributed by atoms with E-state index in [0.29, 0.717) is 0 Å². The third kappa shape index (κ3) is 8.61. The van der Waals surface area contributed by atoms with Crippen LogP contribution in [0.1, 0.15) is 71.6 Å². The van der Waals surface area contributed by atoms with Gasteiger partial charge in [-0.1, -0.05) is 57.6 Å². The van der Waals surface area contributed by atoms with Gasteiger partial charge in [-0.25, -0.2) is 0 Å². The van der Waals surface area contributed by atoms with Crippen LogP contribution in [0.3, 0.4) is 0 Å². The molecule has 0 rings (SSSR count). The Balaban J connectivity index is 4.64. The zero-order chi connectivity index (χ0) is 18.3. The number of methoxy groups -OCH3 is 4. The molecule has 0 amide bonds. The Kier molecular flexibility index (Phi) is 14.6. The fraction of sp³-hybridized carbons (Fsp3) is 0.900. The van der Waals surface area contributed by atoms with Gasteiger partial charge in [0, 0.05) is 34.4 Å². The first kappa shape index (κ1) is 23.6. The Labute approximate surface area is 149 Å². The summed E-state index contributed by atoms with van der Waals surface area (Å²) in [6, 6.07) is 0. The first-order valence-corrected chi connectivity index (χ1v) is 9.45. The van der Waals surface area contributed by atoms with Crippen LogP contribution in [0.15, 0.2) is 12.2 Å². The highest BCUT2D eigenvalue weighted by atomic mass is 16.9. The van der Waals surface area contributed by atoms with E-state index in [0.717, 1.165) is 19.3 Å². The Morgan fingerprint density at radius 2 is 1.38 bits per heavy atom. The SMILES string of the molecule is CC=CC(CCC(CCCCCCCC)C(OC)(OC)OC)OC. The highest BCUT2D eigenvalue weighted by molar-refractivity contribution is 4.87. The van der Waals surface area contributed by atoms with Gasteiger partial charge in [-0.05, 0) is 26.2 Å². The van der Waals surface area contributed by atoms with Crippen molar-refractivity contribution in [3.8, 4) is 0 Å². The minimum atomic E-state index is -0.961. The summed E-state index contributed by atoms with van der Waals surface area (Å²) in [5.74, 6) is -0.774. The third-order valence-corrected chi connectivity index (χ3v) is 4.77. The molecule has 0 fully saturated rings. The third-order valence-electron chi connectivity index (χ3n) is 4.77. The molecule has 4 heteroatoms. The number of ether oxygens (including phenoxy) is 4. The average molecular weight is 345 g/mol. The van der Waals surface area contributed by atoms with E-state index in [-0.39, 0.29) is 12.0 Å². The maximum absolute atomic E-state index is 5.62. The van der Waals surface area contributed by atoms with Gasteiger partial charge < -0.3 is 18.9 Å². The molecule has 24 heavy (non-hydrogen) atoms. The van der Waals surface area contributed by atoms with E-state index < -0.39 is 5.97 Å². The van der Waals surface area contributed by atoms with Gasteiger partial charge in [0.25, 0.3) is 5.97 Å². The van der Waals surface area contributed by atoms with Crippen molar-refractivity contribution < 1.29 is 18.9 Å². The molecular weight excluding hydrogens is 304 g/mol. The Morgan fingerprint density at radius 1 is 0.792 bits per heavy atom. The molecule has 0 spiro atoms. The average Bonchev–Trinajstić information content (AvgIpc) is 2.62. The molecule has 0 saturated heterocycles. The van der Waals surface area contributed by atoms with Crippen LogP contribution in [-0.4, -0.2) is 40.5 Å². The van der Waals surface area contributed by atoms with Gasteiger partial charge in [-0.2, -0.15) is 0 Å². The molecule has 0 aromatic heterocycles. The Bertz CT molecular complexity index is 292. The second-order valence-corrected chi connectivity index (χ2v) is 6.35. The maximum Gasteiger partial charge on any atom is 0.285 e. The van der Waals surface area contributed by atoms with Crippen molar-refractivity contribution in [3.63, 3.8) is 0 Å². The fourth-order valence-corrected chi connectivity index (χ4v) is 3.29. The van der Waals surface area contributed by atoms with E-state index in [1.54, 1.807) is 28.4 Å². The summed E-state index contributed by atoms with van der Waals surface area (Å²) < 4.78 is 22.4. The van der Waals surface area contributed by atoms with Gasteiger partial charge in [0.2, 0.25) is 0 Å². The molecule has 0 aromatic carbocycles. The van der Waals surface area contributed by atoms with Gasteiger partial charge in [0.15, 0.2) is 0 Å². The van der Waals surface area contributed by atoms with Crippen molar-refractivity contribution in [2.45, 2.75) is 83.7 Å². The number of hydrogen-bond acceptors (Lipinski definition) is 4. The molecule has 2 atom stereocenters. The number of allylic oxidation sites excluding steroid dienone is 1. The topological polar surface area (TPSA) is 36.9 Å². The molecule has 0 aliphatic carbocycles. The van der Waals surface area contributed by atoms with Crippen molar-refractivity contribution >= 4 is 0 Å². The molecule has 0 radical (unpaired) electrons. The lowest BCUT2D eigenvalue weighted by molar-refractivity contribution is -0.380. The van der Waals surface area contributed by atoms with Crippen LogP contribution in [0.4, 0.5) is 0 Å². The predicted molar refractivity (Wildman–Crippen MR) is 100 cm³/mol. The molecule has 0 heterocycles. The van der Waals surface area contributed by atoms with E-state index in [2.05, 4.69) is 13.0 Å². The van der Waals surface area contributed by atoms with Crippen LogP contribution < -0.4 is 0 Å². The molecule has 0 aliphatic heterocycles. The Morgan fingerprint density at radius 3 is 1.88 bits per heavy atom. The van der Waals surface area contributed by atoms with Gasteiger partial charge in [-0.15, -0.1) is 0 Å². The molecule has 0 aromatic rings. The molecule has 2 unspecified atom stereocenters. The molecule has 4 nitrogen and oxygen atoms in total. The largest absolute Gasteiger partial charge is 0.377 e. The maximum atomic E-state index is 5.62. The first-order valence-electron chi connectivity index (χ1n) is 9.45. The molecule has 144 valence electrons. The van der Waals surface area contributed by atoms with Gasteiger partial charge in [0.1, 0.15) is 0 Å². The smallest absolute Gasteiger partial charge is 0.285 e. The van der Waals surface area contributed by atoms with Crippen molar-refractivity contribution in [2.24, 2.45) is 5.92 Å². The molecule has 0 aliphatic rings. The van der Waals surface area contributed by atoms with Crippen LogP contribution in [-0.2, 0) is 18.9 Å². The highest BCUT2D eigenvalue weighted by Gasteiger charge is 2.39. The summed E-state index contributed by atoms with van der Waals surface area (Å²) in [4.78, 5) is 0. The minimum absolute atomic E-state index is 0.130. The zero-order valence-corrected chi connectivity index (χ0v) is 16.8. The highest BCUT2D eigenvalue weighted by Crippen LogP contribution is 2.33. The summed E-state index contributed by atoms with van der Waals surface area (Å²) in [6.45, 7) is 4.26. The normalized spacial score (nSPS) is 15.1. The van der Waals surface area contributed by atoms with Crippen molar-refractivity contribution in [1.29, 1.82) is 0 Å². The second kappa shape index (κ2) is 14.9.